The quantitative estimate of drug-likeness (QED) is 0.816. The van der Waals surface area contributed by atoms with Gasteiger partial charge in [0.25, 0.3) is 5.91 Å². The van der Waals surface area contributed by atoms with E-state index >= 15 is 0 Å². The van der Waals surface area contributed by atoms with E-state index in [1.165, 1.54) is 4.88 Å². The lowest BCUT2D eigenvalue weighted by Gasteiger charge is -2.34. The first-order chi connectivity index (χ1) is 10.2. The molecule has 2 aromatic rings. The van der Waals surface area contributed by atoms with Gasteiger partial charge in [-0.05, 0) is 23.6 Å². The Morgan fingerprint density at radius 1 is 1.19 bits per heavy atom. The van der Waals surface area contributed by atoms with E-state index in [0.29, 0.717) is 10.8 Å². The third-order valence-corrected chi connectivity index (χ3v) is 4.62. The van der Waals surface area contributed by atoms with Crippen molar-refractivity contribution in [2.45, 2.75) is 6.54 Å². The number of rotatable bonds is 3. The molecule has 110 valence electrons. The van der Waals surface area contributed by atoms with Crippen LogP contribution in [-0.4, -0.2) is 46.9 Å². The average molecular weight is 322 g/mol. The summed E-state index contributed by atoms with van der Waals surface area (Å²) in [7, 11) is 0. The largest absolute Gasteiger partial charge is 0.335 e. The van der Waals surface area contributed by atoms with Crippen molar-refractivity contribution in [3.8, 4) is 0 Å². The van der Waals surface area contributed by atoms with Crippen molar-refractivity contribution in [2.24, 2.45) is 0 Å². The van der Waals surface area contributed by atoms with Crippen LogP contribution in [0.2, 0.25) is 5.15 Å². The van der Waals surface area contributed by atoms with Crippen LogP contribution < -0.4 is 0 Å². The fraction of sp³-hybridized carbons (Fsp3) is 0.333. The van der Waals surface area contributed by atoms with E-state index < -0.39 is 0 Å². The Labute approximate surface area is 133 Å². The molecular weight excluding hydrogens is 306 g/mol. The van der Waals surface area contributed by atoms with Crippen LogP contribution in [0, 0.1) is 0 Å². The Morgan fingerprint density at radius 2 is 2.00 bits per heavy atom. The highest BCUT2D eigenvalue weighted by atomic mass is 35.5. The lowest BCUT2D eigenvalue weighted by atomic mass is 10.2. The molecule has 1 aliphatic heterocycles. The van der Waals surface area contributed by atoms with Crippen LogP contribution >= 0.6 is 22.9 Å². The molecule has 0 aliphatic carbocycles. The first kappa shape index (κ1) is 14.5. The van der Waals surface area contributed by atoms with Gasteiger partial charge >= 0.3 is 0 Å². The van der Waals surface area contributed by atoms with Gasteiger partial charge in [-0.15, -0.1) is 11.3 Å². The number of amides is 1. The normalized spacial score (nSPS) is 16.1. The summed E-state index contributed by atoms with van der Waals surface area (Å²) >= 11 is 7.62. The Bertz CT molecular complexity index is 609. The van der Waals surface area contributed by atoms with E-state index in [-0.39, 0.29) is 5.91 Å². The number of thiophene rings is 1. The lowest BCUT2D eigenvalue weighted by molar-refractivity contribution is 0.0624. The molecule has 0 saturated carbocycles. The van der Waals surface area contributed by atoms with E-state index in [1.807, 2.05) is 4.90 Å². The van der Waals surface area contributed by atoms with Gasteiger partial charge in [-0.1, -0.05) is 23.7 Å². The zero-order chi connectivity index (χ0) is 14.7. The summed E-state index contributed by atoms with van der Waals surface area (Å²) in [6.07, 6.45) is 0. The molecule has 3 heterocycles. The minimum absolute atomic E-state index is 0.0340. The smallest absolute Gasteiger partial charge is 0.272 e. The number of nitrogens with zero attached hydrogens (tertiary/aromatic N) is 3. The summed E-state index contributed by atoms with van der Waals surface area (Å²) in [5, 5.41) is 2.46. The minimum atomic E-state index is -0.0340. The summed E-state index contributed by atoms with van der Waals surface area (Å²) < 4.78 is 0. The molecule has 4 nitrogen and oxygen atoms in total. The molecule has 21 heavy (non-hydrogen) atoms. The van der Waals surface area contributed by atoms with Crippen LogP contribution in [0.5, 0.6) is 0 Å². The Morgan fingerprint density at radius 3 is 2.67 bits per heavy atom. The van der Waals surface area contributed by atoms with Gasteiger partial charge in [-0.2, -0.15) is 0 Å². The van der Waals surface area contributed by atoms with Gasteiger partial charge in [0.1, 0.15) is 10.8 Å². The van der Waals surface area contributed by atoms with Crippen LogP contribution in [-0.2, 0) is 6.54 Å². The van der Waals surface area contributed by atoms with Gasteiger partial charge < -0.3 is 4.90 Å². The number of piperazine rings is 1. The van der Waals surface area contributed by atoms with Crippen LogP contribution in [0.4, 0.5) is 0 Å². The topological polar surface area (TPSA) is 36.4 Å². The van der Waals surface area contributed by atoms with Crippen molar-refractivity contribution < 1.29 is 4.79 Å². The maximum Gasteiger partial charge on any atom is 0.272 e. The second kappa shape index (κ2) is 6.56. The summed E-state index contributed by atoms with van der Waals surface area (Å²) in [6, 6.07) is 9.38. The molecule has 2 aromatic heterocycles. The molecule has 0 unspecified atom stereocenters. The van der Waals surface area contributed by atoms with Gasteiger partial charge in [0.2, 0.25) is 0 Å². The van der Waals surface area contributed by atoms with Crippen LogP contribution in [0.15, 0.2) is 35.7 Å². The molecule has 0 bridgehead atoms. The predicted octanol–water partition coefficient (Wildman–Crippen LogP) is 2.75. The van der Waals surface area contributed by atoms with Crippen LogP contribution in [0.1, 0.15) is 15.4 Å². The number of pyridine rings is 1. The maximum absolute atomic E-state index is 12.4. The van der Waals surface area contributed by atoms with E-state index in [4.69, 9.17) is 11.6 Å². The average Bonchev–Trinajstić information content (AvgIpc) is 3.00. The van der Waals surface area contributed by atoms with Crippen LogP contribution in [0.25, 0.3) is 0 Å². The molecule has 1 fully saturated rings. The van der Waals surface area contributed by atoms with E-state index in [2.05, 4.69) is 27.4 Å². The predicted molar refractivity (Wildman–Crippen MR) is 84.7 cm³/mol. The molecule has 0 aromatic carbocycles. The van der Waals surface area contributed by atoms with E-state index in [1.54, 1.807) is 29.5 Å². The summed E-state index contributed by atoms with van der Waals surface area (Å²) in [5.41, 5.74) is 0.425. The van der Waals surface area contributed by atoms with Crippen molar-refractivity contribution in [3.05, 3.63) is 51.4 Å². The van der Waals surface area contributed by atoms with Crippen molar-refractivity contribution >= 4 is 28.8 Å². The fourth-order valence-corrected chi connectivity index (χ4v) is 3.33. The summed E-state index contributed by atoms with van der Waals surface area (Å²) in [4.78, 5) is 22.0. The zero-order valence-corrected chi connectivity index (χ0v) is 13.1. The standard InChI is InChI=1S/C15H16ClN3OS/c16-14-5-1-4-13(17-14)15(20)19-8-6-18(7-9-19)11-12-3-2-10-21-12/h1-5,10H,6-9,11H2. The Hall–Kier alpha value is -1.43. The maximum atomic E-state index is 12.4. The Kier molecular flexibility index (Phi) is 4.53. The highest BCUT2D eigenvalue weighted by Gasteiger charge is 2.23. The number of carbonyl (C=O) groups is 1. The first-order valence-electron chi connectivity index (χ1n) is 6.89. The number of hydrogen-bond donors (Lipinski definition) is 0. The number of hydrogen-bond acceptors (Lipinski definition) is 4. The first-order valence-corrected chi connectivity index (χ1v) is 8.15. The molecular formula is C15H16ClN3OS. The molecule has 0 spiro atoms. The fourth-order valence-electron chi connectivity index (χ4n) is 2.42. The number of aromatic nitrogens is 1. The SMILES string of the molecule is O=C(c1cccc(Cl)n1)N1CCN(Cc2cccs2)CC1. The molecule has 1 aliphatic rings. The van der Waals surface area contributed by atoms with Crippen molar-refractivity contribution in [3.63, 3.8) is 0 Å². The summed E-state index contributed by atoms with van der Waals surface area (Å²) in [6.45, 7) is 4.22. The highest BCUT2D eigenvalue weighted by Crippen LogP contribution is 2.15. The molecule has 1 saturated heterocycles. The molecule has 0 atom stereocenters. The van der Waals surface area contributed by atoms with Gasteiger partial charge in [0, 0.05) is 37.6 Å². The molecule has 1 amide bonds. The van der Waals surface area contributed by atoms with Crippen LogP contribution in [0.3, 0.4) is 0 Å². The van der Waals surface area contributed by atoms with Crippen molar-refractivity contribution in [2.75, 3.05) is 26.2 Å². The van der Waals surface area contributed by atoms with Gasteiger partial charge in [-0.25, -0.2) is 4.98 Å². The molecule has 3 rings (SSSR count). The van der Waals surface area contributed by atoms with Crippen molar-refractivity contribution in [1.82, 2.24) is 14.8 Å². The van der Waals surface area contributed by atoms with E-state index in [0.717, 1.165) is 32.7 Å². The van der Waals surface area contributed by atoms with Gasteiger partial charge in [0.15, 0.2) is 0 Å². The molecule has 6 heteroatoms. The number of halogens is 1. The molecule has 0 N–H and O–H groups in total. The van der Waals surface area contributed by atoms with Gasteiger partial charge in [-0.3, -0.25) is 9.69 Å². The lowest BCUT2D eigenvalue weighted by Crippen LogP contribution is -2.48. The van der Waals surface area contributed by atoms with E-state index in [9.17, 15) is 4.79 Å². The summed E-state index contributed by atoms with van der Waals surface area (Å²) in [5.74, 6) is -0.0340. The monoisotopic (exact) mass is 321 g/mol. The van der Waals surface area contributed by atoms with Crippen molar-refractivity contribution in [1.29, 1.82) is 0 Å². The zero-order valence-electron chi connectivity index (χ0n) is 11.5. The second-order valence-corrected chi connectivity index (χ2v) is 6.41. The second-order valence-electron chi connectivity index (χ2n) is 4.99. The molecule has 0 radical (unpaired) electrons. The third-order valence-electron chi connectivity index (χ3n) is 3.55. The minimum Gasteiger partial charge on any atom is -0.335 e. The van der Waals surface area contributed by atoms with Gasteiger partial charge in [0.05, 0.1) is 0 Å². The number of carbonyl (C=O) groups excluding carboxylic acids is 1. The third kappa shape index (κ3) is 3.61. The Balaban J connectivity index is 1.57. The highest BCUT2D eigenvalue weighted by molar-refractivity contribution is 7.09.